The van der Waals surface area contributed by atoms with Gasteiger partial charge in [0.1, 0.15) is 121 Å². The van der Waals surface area contributed by atoms with Crippen molar-refractivity contribution >= 4 is 29.5 Å². The molecule has 0 saturated carbocycles. The number of ether oxygens (including phenoxy) is 10. The summed E-state index contributed by atoms with van der Waals surface area (Å²) >= 11 is 0. The van der Waals surface area contributed by atoms with Crippen LogP contribution in [-0.2, 0) is 61.8 Å². The Morgan fingerprint density at radius 3 is 1.16 bits per heavy atom. The van der Waals surface area contributed by atoms with Crippen molar-refractivity contribution in [2.45, 2.75) is 252 Å². The lowest BCUT2D eigenvalue weighted by Crippen LogP contribution is -2.72. The van der Waals surface area contributed by atoms with Crippen molar-refractivity contribution < 1.29 is 128 Å². The average molecular weight is 1260 g/mol. The Hall–Kier alpha value is -4.43. The topological polar surface area (TPSA) is 460 Å². The number of aliphatic hydroxyl groups excluding tert-OH is 11. The van der Waals surface area contributed by atoms with Gasteiger partial charge in [-0.2, -0.15) is 0 Å². The number of unbranched alkanes of at least 4 members (excludes halogenated alkanes) is 8. The largest absolute Gasteiger partial charge is 0.494 e. The number of carbonyl (C=O) groups excluding carboxylic acids is 5. The number of rotatable bonds is 30. The fraction of sp³-hybridized carbons (Fsp3) is 0.807. The zero-order chi connectivity index (χ0) is 64.5. The minimum absolute atomic E-state index is 0.0775. The number of hydrogen-bond acceptors (Lipinski definition) is 26. The van der Waals surface area contributed by atoms with Gasteiger partial charge in [0, 0.05) is 33.3 Å². The van der Waals surface area contributed by atoms with Crippen molar-refractivity contribution in [1.82, 2.24) is 26.6 Å². The van der Waals surface area contributed by atoms with E-state index in [1.54, 1.807) is 12.1 Å². The van der Waals surface area contributed by atoms with E-state index >= 15 is 0 Å². The summed E-state index contributed by atoms with van der Waals surface area (Å²) < 4.78 is 60.6. The smallest absolute Gasteiger partial charge is 0.251 e. The fourth-order valence-electron chi connectivity index (χ4n) is 11.6. The summed E-state index contributed by atoms with van der Waals surface area (Å²) in [6.45, 7) is 4.05. The first-order valence-corrected chi connectivity index (χ1v) is 30.1. The van der Waals surface area contributed by atoms with Crippen LogP contribution in [0.15, 0.2) is 24.3 Å². The lowest BCUT2D eigenvalue weighted by Gasteiger charge is -2.51. The highest BCUT2D eigenvalue weighted by Gasteiger charge is 2.57. The summed E-state index contributed by atoms with van der Waals surface area (Å²) in [6, 6.07) is -1.53. The summed E-state index contributed by atoms with van der Waals surface area (Å²) in [5.41, 5.74) is 0.0775. The minimum atomic E-state index is -2.01. The summed E-state index contributed by atoms with van der Waals surface area (Å²) in [7, 11) is 0. The molecule has 6 rings (SSSR count). The molecule has 5 fully saturated rings. The van der Waals surface area contributed by atoms with E-state index in [9.17, 15) is 80.1 Å². The highest BCUT2D eigenvalue weighted by Crippen LogP contribution is 2.36. The maximum atomic E-state index is 13.9. The standard InChI is InChI=1S/C57H93N5O26/c1-7-8-9-10-11-12-13-14-15-19-79-32-18-16-17-31(20-32)53(78)62-39-44(73)43(72)33(21-63)81-54(39)86-50-35(23-65)83-56(41(46(50)75)60-29(5)70)88-52-37(25-67)84-57(42(48(52)77)61-30(6)71)87-51-36(24-66)82-55(40(47(51)76)59-28(4)69)85-49-34(22-64)80-26(2)38(45(49)74)58-27(3)68/h16-18,20,26,33-52,54-57,63-67,72-77H,7-15,19,21-25H2,1-6H3,(H,58,68)(H,59,69)(H,60,70)(H,61,71)(H,62,78)/t26?,33?,34?,35-,36-,37?,38?,39?,40?,41?,42?,43?,44?,45?,46?,47?,48?,49?,50?,51?,52?,54?,55-,56-,57?/m0/s1. The Morgan fingerprint density at radius 1 is 0.432 bits per heavy atom. The molecule has 88 heavy (non-hydrogen) atoms. The summed E-state index contributed by atoms with van der Waals surface area (Å²) in [6.07, 6.45) is -23.7. The second-order valence-corrected chi connectivity index (χ2v) is 22.9. The molecular weight excluding hydrogens is 1170 g/mol. The lowest BCUT2D eigenvalue weighted by molar-refractivity contribution is -0.366. The maximum Gasteiger partial charge on any atom is 0.251 e. The number of carbonyl (C=O) groups is 5. The van der Waals surface area contributed by atoms with E-state index in [-0.39, 0.29) is 5.56 Å². The van der Waals surface area contributed by atoms with Crippen LogP contribution in [-0.4, -0.2) is 278 Å². The van der Waals surface area contributed by atoms with Gasteiger partial charge in [0.15, 0.2) is 25.2 Å². The number of nitrogens with one attached hydrogen (secondary N) is 5. The molecule has 502 valence electrons. The SMILES string of the molecule is CCCCCCCCCCCOc1cccc(C(=O)NC2C(OC3C(O)C(NC(C)=O)[C@H](OC4C(CO)OC(OC5C(O)C(NC(C)=O)[C@H](OC6C(CO)OC(C)C(NC(C)=O)C6O)O[C@H]5CO)C(NC(C)=O)C4O)O[C@H]3CO)OC(CO)C(O)C2O)c1. The number of amides is 5. The van der Waals surface area contributed by atoms with Crippen molar-refractivity contribution in [3.63, 3.8) is 0 Å². The summed E-state index contributed by atoms with van der Waals surface area (Å²) in [5, 5.41) is 135. The number of hydrogen-bond donors (Lipinski definition) is 16. The van der Waals surface area contributed by atoms with E-state index in [4.69, 9.17) is 47.4 Å². The van der Waals surface area contributed by atoms with E-state index in [1.807, 2.05) is 0 Å². The third-order valence-electron chi connectivity index (χ3n) is 16.1. The van der Waals surface area contributed by atoms with Crippen molar-refractivity contribution in [3.8, 4) is 5.75 Å². The summed E-state index contributed by atoms with van der Waals surface area (Å²) in [4.78, 5) is 64.3. The van der Waals surface area contributed by atoms with E-state index in [0.717, 1.165) is 46.5 Å². The minimum Gasteiger partial charge on any atom is -0.494 e. The Balaban J connectivity index is 1.18. The molecule has 31 heteroatoms. The average Bonchev–Trinajstić information content (AvgIpc) is 1.44. The van der Waals surface area contributed by atoms with Crippen molar-refractivity contribution in [2.24, 2.45) is 0 Å². The molecule has 21 unspecified atom stereocenters. The van der Waals surface area contributed by atoms with E-state index in [2.05, 4.69) is 33.5 Å². The third kappa shape index (κ3) is 18.9. The van der Waals surface area contributed by atoms with Gasteiger partial charge in [-0.05, 0) is 31.5 Å². The summed E-state index contributed by atoms with van der Waals surface area (Å²) in [5.74, 6) is -3.26. The van der Waals surface area contributed by atoms with Gasteiger partial charge < -0.3 is 130 Å². The molecule has 0 aromatic heterocycles. The number of aliphatic hydroxyl groups is 11. The molecule has 1 aromatic carbocycles. The van der Waals surface area contributed by atoms with Crippen LogP contribution in [0.1, 0.15) is 110 Å². The van der Waals surface area contributed by atoms with Crippen LogP contribution in [0, 0.1) is 0 Å². The van der Waals surface area contributed by atoms with Crippen LogP contribution in [0.3, 0.4) is 0 Å². The Kier molecular flexibility index (Phi) is 28.8. The Labute approximate surface area is 509 Å². The van der Waals surface area contributed by atoms with E-state index in [0.29, 0.717) is 12.4 Å². The van der Waals surface area contributed by atoms with E-state index in [1.165, 1.54) is 58.1 Å². The quantitative estimate of drug-likeness (QED) is 0.0321. The predicted octanol–water partition coefficient (Wildman–Crippen LogP) is -4.93. The van der Waals surface area contributed by atoms with Gasteiger partial charge in [-0.25, -0.2) is 0 Å². The normalized spacial score (nSPS) is 37.7. The highest BCUT2D eigenvalue weighted by atomic mass is 16.8. The van der Waals surface area contributed by atoms with Crippen molar-refractivity contribution in [3.05, 3.63) is 29.8 Å². The van der Waals surface area contributed by atoms with Gasteiger partial charge in [-0.15, -0.1) is 0 Å². The van der Waals surface area contributed by atoms with Crippen molar-refractivity contribution in [1.29, 1.82) is 0 Å². The molecule has 5 aliphatic rings. The molecule has 31 nitrogen and oxygen atoms in total. The molecule has 0 bridgehead atoms. The van der Waals surface area contributed by atoms with Gasteiger partial charge in [-0.1, -0.05) is 64.4 Å². The molecule has 16 N–H and O–H groups in total. The van der Waals surface area contributed by atoms with Crippen LogP contribution in [0.5, 0.6) is 5.75 Å². The van der Waals surface area contributed by atoms with E-state index < -0.39 is 216 Å². The van der Waals surface area contributed by atoms with Gasteiger partial charge in [0.25, 0.3) is 5.91 Å². The van der Waals surface area contributed by atoms with Crippen LogP contribution in [0.2, 0.25) is 0 Å². The van der Waals surface area contributed by atoms with Crippen LogP contribution in [0.4, 0.5) is 0 Å². The first-order chi connectivity index (χ1) is 42.0. The second kappa shape index (κ2) is 34.8. The molecule has 1 aromatic rings. The highest BCUT2D eigenvalue weighted by molar-refractivity contribution is 5.94. The molecule has 5 heterocycles. The van der Waals surface area contributed by atoms with Crippen LogP contribution in [0.25, 0.3) is 0 Å². The molecule has 5 aliphatic heterocycles. The molecular formula is C57H93N5O26. The predicted molar refractivity (Wildman–Crippen MR) is 301 cm³/mol. The first kappa shape index (κ1) is 72.6. The second-order valence-electron chi connectivity index (χ2n) is 22.9. The first-order valence-electron chi connectivity index (χ1n) is 30.1. The monoisotopic (exact) mass is 1260 g/mol. The lowest BCUT2D eigenvalue weighted by atomic mass is 9.92. The zero-order valence-corrected chi connectivity index (χ0v) is 50.4. The molecule has 25 atom stereocenters. The molecule has 0 aliphatic carbocycles. The fourth-order valence-corrected chi connectivity index (χ4v) is 11.6. The molecule has 5 amide bonds. The molecule has 0 radical (unpaired) electrons. The zero-order valence-electron chi connectivity index (χ0n) is 50.4. The molecule has 0 spiro atoms. The van der Waals surface area contributed by atoms with Gasteiger partial charge in [0.2, 0.25) is 23.6 Å². The van der Waals surface area contributed by atoms with Crippen LogP contribution >= 0.6 is 0 Å². The van der Waals surface area contributed by atoms with Crippen LogP contribution < -0.4 is 31.3 Å². The van der Waals surface area contributed by atoms with Crippen molar-refractivity contribution in [2.75, 3.05) is 39.6 Å². The van der Waals surface area contributed by atoms with Gasteiger partial charge in [-0.3, -0.25) is 24.0 Å². The number of benzene rings is 1. The Bertz CT molecular complexity index is 2350. The third-order valence-corrected chi connectivity index (χ3v) is 16.1. The molecule has 5 saturated heterocycles. The Morgan fingerprint density at radius 2 is 0.773 bits per heavy atom. The maximum absolute atomic E-state index is 13.9. The van der Waals surface area contributed by atoms with Gasteiger partial charge in [0.05, 0.1) is 51.8 Å². The van der Waals surface area contributed by atoms with Gasteiger partial charge >= 0.3 is 0 Å².